The van der Waals surface area contributed by atoms with Gasteiger partial charge in [-0.25, -0.2) is 0 Å². The van der Waals surface area contributed by atoms with E-state index in [9.17, 15) is 14.7 Å². The Morgan fingerprint density at radius 2 is 1.79 bits per heavy atom. The summed E-state index contributed by atoms with van der Waals surface area (Å²) in [6, 6.07) is 22.9. The van der Waals surface area contributed by atoms with Crippen LogP contribution in [0.25, 0.3) is 11.0 Å². The second-order valence-electron chi connectivity index (χ2n) is 8.82. The molecule has 38 heavy (non-hydrogen) atoms. The molecular formula is C30H27NO7. The lowest BCUT2D eigenvalue weighted by atomic mass is 9.95. The van der Waals surface area contributed by atoms with Crippen LogP contribution in [0.3, 0.4) is 0 Å². The number of rotatable bonds is 10. The van der Waals surface area contributed by atoms with E-state index in [1.54, 1.807) is 48.5 Å². The van der Waals surface area contributed by atoms with E-state index in [4.69, 9.17) is 18.6 Å². The summed E-state index contributed by atoms with van der Waals surface area (Å²) < 4.78 is 22.4. The molecule has 4 aromatic rings. The summed E-state index contributed by atoms with van der Waals surface area (Å²) in [5.41, 5.74) is 1.96. The normalized spacial score (nSPS) is 15.4. The molecule has 0 saturated heterocycles. The van der Waals surface area contributed by atoms with Crippen molar-refractivity contribution in [3.8, 4) is 11.5 Å². The van der Waals surface area contributed by atoms with E-state index in [1.165, 1.54) is 19.1 Å². The molecule has 3 aromatic carbocycles. The van der Waals surface area contributed by atoms with Gasteiger partial charge < -0.3 is 28.6 Å². The topological polar surface area (TPSA) is 98.4 Å². The molecule has 1 aliphatic heterocycles. The average Bonchev–Trinajstić information content (AvgIpc) is 3.50. The predicted molar refractivity (Wildman–Crippen MR) is 140 cm³/mol. The van der Waals surface area contributed by atoms with Crippen molar-refractivity contribution in [3.63, 3.8) is 0 Å². The summed E-state index contributed by atoms with van der Waals surface area (Å²) in [6.07, 6.45) is 0. The highest BCUT2D eigenvalue weighted by atomic mass is 16.5. The zero-order chi connectivity index (χ0) is 26.6. The van der Waals surface area contributed by atoms with Gasteiger partial charge in [-0.2, -0.15) is 0 Å². The minimum atomic E-state index is -0.861. The Bertz CT molecular complexity index is 1510. The first-order valence-corrected chi connectivity index (χ1v) is 12.1. The molecule has 8 heteroatoms. The average molecular weight is 514 g/mol. The van der Waals surface area contributed by atoms with Crippen LogP contribution in [0.1, 0.15) is 27.7 Å². The largest absolute Gasteiger partial charge is 0.503 e. The summed E-state index contributed by atoms with van der Waals surface area (Å²) in [5, 5.41) is 11.6. The standard InChI is InChI=1S/C30H27NO7/c1-35-15-14-31-26(20-10-6-12-22(16-20)37-18-19-8-4-3-5-9-19)25(28(33)30(31)34)27(32)24-17-21-11-7-13-23(36-2)29(21)38-24/h3-13,16-17,26,33H,14-15,18H2,1-2H3. The lowest BCUT2D eigenvalue weighted by Crippen LogP contribution is -2.34. The molecule has 1 amide bonds. The number of aliphatic hydroxyl groups is 1. The molecule has 1 aromatic heterocycles. The number of benzene rings is 3. The van der Waals surface area contributed by atoms with E-state index in [0.717, 1.165) is 5.56 Å². The number of ether oxygens (including phenoxy) is 3. The van der Waals surface area contributed by atoms with Crippen molar-refractivity contribution in [1.29, 1.82) is 0 Å². The molecule has 1 atom stereocenters. The Labute approximate surface area is 219 Å². The molecule has 1 aliphatic rings. The summed E-state index contributed by atoms with van der Waals surface area (Å²) >= 11 is 0. The lowest BCUT2D eigenvalue weighted by Gasteiger charge is -2.26. The smallest absolute Gasteiger partial charge is 0.290 e. The minimum absolute atomic E-state index is 0.00563. The van der Waals surface area contributed by atoms with Crippen molar-refractivity contribution < 1.29 is 33.3 Å². The Balaban J connectivity index is 1.52. The molecular weight excluding hydrogens is 486 g/mol. The highest BCUT2D eigenvalue weighted by molar-refractivity contribution is 6.16. The lowest BCUT2D eigenvalue weighted by molar-refractivity contribution is -0.130. The predicted octanol–water partition coefficient (Wildman–Crippen LogP) is 5.25. The number of nitrogens with zero attached hydrogens (tertiary/aromatic N) is 1. The first-order valence-electron chi connectivity index (χ1n) is 12.1. The monoisotopic (exact) mass is 513 g/mol. The van der Waals surface area contributed by atoms with Crippen LogP contribution in [0, 0.1) is 0 Å². The number of carbonyl (C=O) groups is 2. The van der Waals surface area contributed by atoms with Crippen LogP contribution in [0.15, 0.2) is 94.6 Å². The Kier molecular flexibility index (Phi) is 7.15. The van der Waals surface area contributed by atoms with Crippen molar-refractivity contribution in [2.24, 2.45) is 0 Å². The maximum atomic E-state index is 13.8. The number of amides is 1. The zero-order valence-electron chi connectivity index (χ0n) is 21.0. The van der Waals surface area contributed by atoms with Gasteiger partial charge in [-0.05, 0) is 35.4 Å². The Morgan fingerprint density at radius 1 is 1.00 bits per heavy atom. The van der Waals surface area contributed by atoms with Gasteiger partial charge in [0.1, 0.15) is 12.4 Å². The van der Waals surface area contributed by atoms with Crippen molar-refractivity contribution in [3.05, 3.63) is 107 Å². The molecule has 0 radical (unpaired) electrons. The zero-order valence-corrected chi connectivity index (χ0v) is 21.0. The third-order valence-corrected chi connectivity index (χ3v) is 6.46. The van der Waals surface area contributed by atoms with Gasteiger partial charge in [0.25, 0.3) is 5.91 Å². The molecule has 0 aliphatic carbocycles. The second kappa shape index (κ2) is 10.8. The SMILES string of the molecule is COCCN1C(=O)C(O)=C(C(=O)c2cc3cccc(OC)c3o2)C1c1cccc(OCc2ccccc2)c1. The number of ketones is 1. The van der Waals surface area contributed by atoms with Crippen molar-refractivity contribution in [1.82, 2.24) is 4.90 Å². The number of methoxy groups -OCH3 is 2. The highest BCUT2D eigenvalue weighted by Gasteiger charge is 2.44. The minimum Gasteiger partial charge on any atom is -0.503 e. The maximum Gasteiger partial charge on any atom is 0.290 e. The molecule has 8 nitrogen and oxygen atoms in total. The number of furan rings is 1. The Hall–Kier alpha value is -4.56. The molecule has 0 fully saturated rings. The molecule has 0 spiro atoms. The van der Waals surface area contributed by atoms with Gasteiger partial charge >= 0.3 is 0 Å². The van der Waals surface area contributed by atoms with E-state index in [-0.39, 0.29) is 24.5 Å². The van der Waals surface area contributed by atoms with Crippen molar-refractivity contribution >= 4 is 22.7 Å². The fourth-order valence-corrected chi connectivity index (χ4v) is 4.61. The Morgan fingerprint density at radius 3 is 2.55 bits per heavy atom. The molecule has 2 heterocycles. The highest BCUT2D eigenvalue weighted by Crippen LogP contribution is 2.41. The van der Waals surface area contributed by atoms with Gasteiger partial charge in [0, 0.05) is 19.0 Å². The fourth-order valence-electron chi connectivity index (χ4n) is 4.61. The summed E-state index contributed by atoms with van der Waals surface area (Å²) in [6.45, 7) is 0.752. The van der Waals surface area contributed by atoms with E-state index >= 15 is 0 Å². The molecule has 1 unspecified atom stereocenters. The molecule has 194 valence electrons. The molecule has 0 saturated carbocycles. The quantitative estimate of drug-likeness (QED) is 0.289. The van der Waals surface area contributed by atoms with Crippen LogP contribution in [-0.2, 0) is 16.1 Å². The van der Waals surface area contributed by atoms with Gasteiger partial charge in [0.2, 0.25) is 5.78 Å². The number of para-hydroxylation sites is 1. The van der Waals surface area contributed by atoms with E-state index in [0.29, 0.717) is 34.6 Å². The van der Waals surface area contributed by atoms with Gasteiger partial charge in [-0.1, -0.05) is 54.6 Å². The van der Waals surface area contributed by atoms with Gasteiger partial charge in [0.15, 0.2) is 22.9 Å². The van der Waals surface area contributed by atoms with Crippen LogP contribution >= 0.6 is 0 Å². The number of hydrogen-bond donors (Lipinski definition) is 1. The molecule has 5 rings (SSSR count). The van der Waals surface area contributed by atoms with E-state index in [2.05, 4.69) is 0 Å². The van der Waals surface area contributed by atoms with E-state index < -0.39 is 23.5 Å². The third-order valence-electron chi connectivity index (χ3n) is 6.46. The van der Waals surface area contributed by atoms with Crippen LogP contribution in [0.2, 0.25) is 0 Å². The van der Waals surface area contributed by atoms with Crippen molar-refractivity contribution in [2.75, 3.05) is 27.4 Å². The third kappa shape index (κ3) is 4.73. The van der Waals surface area contributed by atoms with Gasteiger partial charge in [-0.15, -0.1) is 0 Å². The number of Topliss-reactive ketones (excluding diaryl/α,β-unsaturated/α-hetero) is 1. The van der Waals surface area contributed by atoms with Crippen LogP contribution in [-0.4, -0.2) is 49.1 Å². The second-order valence-corrected chi connectivity index (χ2v) is 8.82. The number of carbonyl (C=O) groups excluding carboxylic acids is 2. The first kappa shape index (κ1) is 25.1. The van der Waals surface area contributed by atoms with Gasteiger partial charge in [0.05, 0.1) is 25.3 Å². The fraction of sp³-hybridized carbons (Fsp3) is 0.200. The van der Waals surface area contributed by atoms with Gasteiger partial charge in [-0.3, -0.25) is 9.59 Å². The molecule has 0 bridgehead atoms. The van der Waals surface area contributed by atoms with Crippen LogP contribution in [0.4, 0.5) is 0 Å². The van der Waals surface area contributed by atoms with Crippen molar-refractivity contribution in [2.45, 2.75) is 12.6 Å². The summed E-state index contributed by atoms with van der Waals surface area (Å²) in [5.74, 6) is -0.816. The number of hydrogen-bond acceptors (Lipinski definition) is 7. The maximum absolute atomic E-state index is 13.8. The van der Waals surface area contributed by atoms with Crippen LogP contribution in [0.5, 0.6) is 11.5 Å². The number of aliphatic hydroxyl groups excluding tert-OH is 1. The van der Waals surface area contributed by atoms with Crippen LogP contribution < -0.4 is 9.47 Å². The summed E-state index contributed by atoms with van der Waals surface area (Å²) in [4.78, 5) is 28.3. The summed E-state index contributed by atoms with van der Waals surface area (Å²) in [7, 11) is 3.04. The number of fused-ring (bicyclic) bond motifs is 1. The molecule has 1 N–H and O–H groups in total. The van der Waals surface area contributed by atoms with E-state index in [1.807, 2.05) is 30.3 Å². The first-order chi connectivity index (χ1) is 18.5.